The van der Waals surface area contributed by atoms with Crippen LogP contribution in [-0.4, -0.2) is 17.6 Å². The number of hydrogen-bond donors (Lipinski definition) is 1. The van der Waals surface area contributed by atoms with Gasteiger partial charge in [-0.3, -0.25) is 9.59 Å². The van der Waals surface area contributed by atoms with Crippen molar-refractivity contribution in [3.63, 3.8) is 0 Å². The van der Waals surface area contributed by atoms with Crippen molar-refractivity contribution in [1.82, 2.24) is 4.57 Å². The molecule has 0 radical (unpaired) electrons. The molecule has 2 aromatic rings. The van der Waals surface area contributed by atoms with E-state index in [2.05, 4.69) is 5.32 Å². The number of rotatable bonds is 3. The third-order valence-electron chi connectivity index (χ3n) is 4.05. The molecule has 7 heteroatoms. The molecule has 0 saturated carbocycles. The molecule has 1 aromatic heterocycles. The Labute approximate surface area is 149 Å². The summed E-state index contributed by atoms with van der Waals surface area (Å²) in [7, 11) is 1.44. The second-order valence-electron chi connectivity index (χ2n) is 5.56. The van der Waals surface area contributed by atoms with Gasteiger partial charge in [0.05, 0.1) is 17.8 Å². The molecule has 0 aliphatic carbocycles. The van der Waals surface area contributed by atoms with E-state index in [4.69, 9.17) is 27.9 Å². The standard InChI is InChI=1S/C17H16Cl2N2O3/c1-24-14-9-15(22)21-7-3-2-4-13(21)16(14)17(23)20-12-8-10(18)5-6-11(12)19/h5-6,8-9H,2-4,7H2,1H3,(H,20,23). The minimum atomic E-state index is -0.373. The van der Waals surface area contributed by atoms with E-state index in [1.165, 1.54) is 13.2 Å². The zero-order valence-corrected chi connectivity index (χ0v) is 14.6. The van der Waals surface area contributed by atoms with Gasteiger partial charge < -0.3 is 14.6 Å². The zero-order valence-electron chi connectivity index (χ0n) is 13.1. The molecule has 2 heterocycles. The number of ether oxygens (including phenoxy) is 1. The smallest absolute Gasteiger partial charge is 0.261 e. The number of aromatic nitrogens is 1. The zero-order chi connectivity index (χ0) is 17.3. The predicted octanol–water partition coefficient (Wildman–Crippen LogP) is 3.75. The van der Waals surface area contributed by atoms with Gasteiger partial charge in [-0.2, -0.15) is 0 Å². The molecule has 0 bridgehead atoms. The quantitative estimate of drug-likeness (QED) is 0.899. The number of amides is 1. The molecule has 0 fully saturated rings. The number of carbonyl (C=O) groups is 1. The predicted molar refractivity (Wildman–Crippen MR) is 94.6 cm³/mol. The topological polar surface area (TPSA) is 60.3 Å². The molecule has 1 aliphatic rings. The largest absolute Gasteiger partial charge is 0.496 e. The number of benzene rings is 1. The lowest BCUT2D eigenvalue weighted by atomic mass is 10.0. The summed E-state index contributed by atoms with van der Waals surface area (Å²) in [6.45, 7) is 0.608. The summed E-state index contributed by atoms with van der Waals surface area (Å²) >= 11 is 12.1. The molecule has 0 unspecified atom stereocenters. The van der Waals surface area contributed by atoms with Crippen molar-refractivity contribution in [2.75, 3.05) is 12.4 Å². The Balaban J connectivity index is 2.06. The van der Waals surface area contributed by atoms with Gasteiger partial charge in [-0.05, 0) is 37.5 Å². The van der Waals surface area contributed by atoms with E-state index in [0.29, 0.717) is 40.0 Å². The minimum absolute atomic E-state index is 0.154. The summed E-state index contributed by atoms with van der Waals surface area (Å²) in [5.41, 5.74) is 1.32. The van der Waals surface area contributed by atoms with Crippen LogP contribution in [0.5, 0.6) is 5.75 Å². The Morgan fingerprint density at radius 2 is 2.04 bits per heavy atom. The Morgan fingerprint density at radius 3 is 2.79 bits per heavy atom. The van der Waals surface area contributed by atoms with Crippen LogP contribution in [0.15, 0.2) is 29.1 Å². The first-order valence-electron chi connectivity index (χ1n) is 7.58. The summed E-state index contributed by atoms with van der Waals surface area (Å²) in [6.07, 6.45) is 2.49. The summed E-state index contributed by atoms with van der Waals surface area (Å²) in [5.74, 6) is -0.106. The van der Waals surface area contributed by atoms with Crippen molar-refractivity contribution in [3.8, 4) is 5.75 Å². The minimum Gasteiger partial charge on any atom is -0.496 e. The van der Waals surface area contributed by atoms with Crippen LogP contribution >= 0.6 is 23.2 Å². The fourth-order valence-electron chi connectivity index (χ4n) is 2.92. The normalized spacial score (nSPS) is 13.3. The molecule has 1 aliphatic heterocycles. The number of halogens is 2. The molecule has 0 spiro atoms. The lowest BCUT2D eigenvalue weighted by Crippen LogP contribution is -2.30. The second-order valence-corrected chi connectivity index (χ2v) is 6.40. The molecule has 1 aromatic carbocycles. The first kappa shape index (κ1) is 16.9. The number of methoxy groups -OCH3 is 1. The molecule has 0 saturated heterocycles. The highest BCUT2D eigenvalue weighted by Gasteiger charge is 2.24. The third-order valence-corrected chi connectivity index (χ3v) is 4.61. The van der Waals surface area contributed by atoms with Crippen LogP contribution in [0, 0.1) is 0 Å². The van der Waals surface area contributed by atoms with Gasteiger partial charge in [0.15, 0.2) is 0 Å². The van der Waals surface area contributed by atoms with E-state index >= 15 is 0 Å². The summed E-state index contributed by atoms with van der Waals surface area (Å²) < 4.78 is 6.91. The molecular weight excluding hydrogens is 351 g/mol. The van der Waals surface area contributed by atoms with E-state index in [1.807, 2.05) is 0 Å². The van der Waals surface area contributed by atoms with Crippen molar-refractivity contribution in [2.24, 2.45) is 0 Å². The summed E-state index contributed by atoms with van der Waals surface area (Å²) in [6, 6.07) is 6.19. The number of fused-ring (bicyclic) bond motifs is 1. The lowest BCUT2D eigenvalue weighted by molar-refractivity contribution is 0.102. The van der Waals surface area contributed by atoms with Crippen LogP contribution in [0.3, 0.4) is 0 Å². The van der Waals surface area contributed by atoms with Gasteiger partial charge in [0.25, 0.3) is 11.5 Å². The molecule has 0 atom stereocenters. The van der Waals surface area contributed by atoms with Crippen molar-refractivity contribution >= 4 is 34.8 Å². The average molecular weight is 367 g/mol. The first-order chi connectivity index (χ1) is 11.5. The Hall–Kier alpha value is -1.98. The van der Waals surface area contributed by atoms with Crippen LogP contribution in [0.4, 0.5) is 5.69 Å². The van der Waals surface area contributed by atoms with Crippen molar-refractivity contribution in [1.29, 1.82) is 0 Å². The fourth-order valence-corrected chi connectivity index (χ4v) is 3.26. The highest BCUT2D eigenvalue weighted by Crippen LogP contribution is 2.29. The number of hydrogen-bond acceptors (Lipinski definition) is 3. The molecule has 1 amide bonds. The van der Waals surface area contributed by atoms with Crippen molar-refractivity contribution < 1.29 is 9.53 Å². The SMILES string of the molecule is COc1cc(=O)n2c(c1C(=O)Nc1cc(Cl)ccc1Cl)CCCC2. The fraction of sp³-hybridized carbons (Fsp3) is 0.294. The number of pyridine rings is 1. The van der Waals surface area contributed by atoms with Crippen LogP contribution in [-0.2, 0) is 13.0 Å². The van der Waals surface area contributed by atoms with Crippen LogP contribution in [0.1, 0.15) is 28.9 Å². The molecule has 126 valence electrons. The molecule has 5 nitrogen and oxygen atoms in total. The lowest BCUT2D eigenvalue weighted by Gasteiger charge is -2.22. The van der Waals surface area contributed by atoms with Crippen LogP contribution in [0.25, 0.3) is 0 Å². The van der Waals surface area contributed by atoms with Crippen LogP contribution < -0.4 is 15.6 Å². The molecule has 3 rings (SSSR count). The number of nitrogens with zero attached hydrogens (tertiary/aromatic N) is 1. The number of nitrogens with one attached hydrogen (secondary N) is 1. The number of carbonyl (C=O) groups excluding carboxylic acids is 1. The van der Waals surface area contributed by atoms with E-state index in [-0.39, 0.29) is 17.2 Å². The average Bonchev–Trinajstić information content (AvgIpc) is 2.58. The van der Waals surface area contributed by atoms with Crippen LogP contribution in [0.2, 0.25) is 10.0 Å². The summed E-state index contributed by atoms with van der Waals surface area (Å²) in [4.78, 5) is 25.0. The van der Waals surface area contributed by atoms with E-state index in [0.717, 1.165) is 12.8 Å². The van der Waals surface area contributed by atoms with Gasteiger partial charge in [-0.1, -0.05) is 23.2 Å². The highest BCUT2D eigenvalue weighted by molar-refractivity contribution is 6.36. The summed E-state index contributed by atoms with van der Waals surface area (Å²) in [5, 5.41) is 3.61. The van der Waals surface area contributed by atoms with E-state index < -0.39 is 0 Å². The van der Waals surface area contributed by atoms with Gasteiger partial charge >= 0.3 is 0 Å². The van der Waals surface area contributed by atoms with Crippen molar-refractivity contribution in [3.05, 3.63) is 55.9 Å². The van der Waals surface area contributed by atoms with Gasteiger partial charge in [0.1, 0.15) is 11.3 Å². The highest BCUT2D eigenvalue weighted by atomic mass is 35.5. The maximum atomic E-state index is 12.8. The van der Waals surface area contributed by atoms with Gasteiger partial charge in [0.2, 0.25) is 0 Å². The van der Waals surface area contributed by atoms with E-state index in [9.17, 15) is 9.59 Å². The van der Waals surface area contributed by atoms with E-state index in [1.54, 1.807) is 22.8 Å². The van der Waals surface area contributed by atoms with Gasteiger partial charge in [-0.15, -0.1) is 0 Å². The van der Waals surface area contributed by atoms with Crippen molar-refractivity contribution in [2.45, 2.75) is 25.8 Å². The Bertz CT molecular complexity index is 862. The maximum absolute atomic E-state index is 12.8. The Morgan fingerprint density at radius 1 is 1.25 bits per heavy atom. The Kier molecular flexibility index (Phi) is 4.83. The molecular formula is C17H16Cl2N2O3. The van der Waals surface area contributed by atoms with Gasteiger partial charge in [-0.25, -0.2) is 0 Å². The van der Waals surface area contributed by atoms with Gasteiger partial charge in [0, 0.05) is 23.3 Å². The monoisotopic (exact) mass is 366 g/mol. The maximum Gasteiger partial charge on any atom is 0.261 e. The second kappa shape index (κ2) is 6.87. The first-order valence-corrected chi connectivity index (χ1v) is 8.34. The molecule has 24 heavy (non-hydrogen) atoms. The number of anilines is 1. The molecule has 1 N–H and O–H groups in total. The third kappa shape index (κ3) is 3.14.